The predicted molar refractivity (Wildman–Crippen MR) is 132 cm³/mol. The Bertz CT molecular complexity index is 1520. The van der Waals surface area contributed by atoms with Gasteiger partial charge < -0.3 is 10.1 Å². The smallest absolute Gasteiger partial charge is 0.294 e. The minimum atomic E-state index is -0.456. The number of carbonyl (C=O) groups is 1. The van der Waals surface area contributed by atoms with Crippen LogP contribution in [0, 0.1) is 17.0 Å². The van der Waals surface area contributed by atoms with Gasteiger partial charge in [0.05, 0.1) is 27.4 Å². The van der Waals surface area contributed by atoms with E-state index < -0.39 is 4.92 Å². The molecule has 34 heavy (non-hydrogen) atoms. The summed E-state index contributed by atoms with van der Waals surface area (Å²) < 4.78 is 7.11. The third-order valence-electron chi connectivity index (χ3n) is 5.08. The zero-order valence-corrected chi connectivity index (χ0v) is 19.4. The monoisotopic (exact) mass is 491 g/mol. The molecule has 0 aliphatic carbocycles. The molecule has 1 aliphatic rings. The van der Waals surface area contributed by atoms with Crippen molar-refractivity contribution in [2.75, 3.05) is 11.9 Å². The van der Waals surface area contributed by atoms with Crippen LogP contribution in [0.25, 0.3) is 11.3 Å². The molecule has 2 aromatic carbocycles. The van der Waals surface area contributed by atoms with Gasteiger partial charge in [0.15, 0.2) is 6.61 Å². The Labute approximate surface area is 201 Å². The Morgan fingerprint density at radius 3 is 2.85 bits per heavy atom. The zero-order chi connectivity index (χ0) is 23.7. The van der Waals surface area contributed by atoms with E-state index in [4.69, 9.17) is 4.74 Å². The highest BCUT2D eigenvalue weighted by Crippen LogP contribution is 2.33. The van der Waals surface area contributed by atoms with Crippen molar-refractivity contribution < 1.29 is 14.5 Å². The van der Waals surface area contributed by atoms with Crippen molar-refractivity contribution in [3.63, 3.8) is 0 Å². The number of aromatic nitrogens is 1. The first-order chi connectivity index (χ1) is 16.5. The number of amides is 1. The van der Waals surface area contributed by atoms with Crippen LogP contribution in [0.5, 0.6) is 5.75 Å². The fourth-order valence-corrected chi connectivity index (χ4v) is 5.00. The Hall–Kier alpha value is -4.09. The number of anilines is 1. The number of nitrogens with one attached hydrogen (secondary N) is 1. The normalized spacial score (nSPS) is 13.6. The van der Waals surface area contributed by atoms with Crippen molar-refractivity contribution in [3.05, 3.63) is 84.6 Å². The average molecular weight is 492 g/mol. The summed E-state index contributed by atoms with van der Waals surface area (Å²) in [5.74, 6) is 0.369. The third kappa shape index (κ3) is 4.26. The summed E-state index contributed by atoms with van der Waals surface area (Å²) in [6.45, 7) is 1.98. The molecular weight excluding hydrogens is 474 g/mol. The number of para-hydroxylation sites is 2. The van der Waals surface area contributed by atoms with E-state index in [1.165, 1.54) is 17.4 Å². The number of thiazole rings is 1. The second-order valence-corrected chi connectivity index (χ2v) is 9.12. The predicted octanol–water partition coefficient (Wildman–Crippen LogP) is 4.94. The Morgan fingerprint density at radius 2 is 2.06 bits per heavy atom. The van der Waals surface area contributed by atoms with Gasteiger partial charge in [-0.1, -0.05) is 12.1 Å². The molecule has 0 bridgehead atoms. The molecule has 3 heterocycles. The highest BCUT2D eigenvalue weighted by molar-refractivity contribution is 7.11. The standard InChI is InChI=1S/C23H17N5O4S2/c1-14-8-9-33-21(14)11-24-27-19(15-6-7-20-17(10-15)25-22(29)12-32-20)13-34-23(27)26-16-4-2-3-5-18(16)28(30)31/h2-11,13H,12H2,1H3,(H,25,29). The molecule has 2 aromatic heterocycles. The number of nitro benzene ring substituents is 1. The van der Waals surface area contributed by atoms with Gasteiger partial charge in [-0.2, -0.15) is 5.10 Å². The number of fused-ring (bicyclic) bond motifs is 1. The van der Waals surface area contributed by atoms with Crippen molar-refractivity contribution in [2.45, 2.75) is 6.92 Å². The van der Waals surface area contributed by atoms with E-state index in [-0.39, 0.29) is 23.9 Å². The Kier molecular flexibility index (Phi) is 5.78. The minimum absolute atomic E-state index is 0.0197. The summed E-state index contributed by atoms with van der Waals surface area (Å²) in [7, 11) is 0. The number of carbonyl (C=O) groups excluding carboxylic acids is 1. The number of thiophene rings is 1. The Morgan fingerprint density at radius 1 is 1.21 bits per heavy atom. The van der Waals surface area contributed by atoms with E-state index in [1.807, 2.05) is 35.9 Å². The lowest BCUT2D eigenvalue weighted by Gasteiger charge is -2.18. The SMILES string of the molecule is Cc1ccsc1C=Nn1c(-c2ccc3c(c2)NC(=O)CO3)csc1=Nc1ccccc1[N+](=O)[O-]. The molecule has 11 heteroatoms. The first kappa shape index (κ1) is 21.7. The number of nitro groups is 1. The fraction of sp³-hybridized carbons (Fsp3) is 0.0870. The van der Waals surface area contributed by atoms with Crippen molar-refractivity contribution in [1.29, 1.82) is 0 Å². The van der Waals surface area contributed by atoms with Gasteiger partial charge in [-0.3, -0.25) is 14.9 Å². The molecule has 170 valence electrons. The van der Waals surface area contributed by atoms with Crippen molar-refractivity contribution >= 4 is 51.9 Å². The molecule has 9 nitrogen and oxygen atoms in total. The summed E-state index contributed by atoms with van der Waals surface area (Å²) in [6, 6.07) is 13.8. The van der Waals surface area contributed by atoms with Gasteiger partial charge in [-0.15, -0.1) is 22.7 Å². The summed E-state index contributed by atoms with van der Waals surface area (Å²) in [4.78, 5) is 28.8. The number of hydrogen-bond acceptors (Lipinski definition) is 8. The number of hydrogen-bond donors (Lipinski definition) is 1. The molecule has 0 saturated carbocycles. The molecule has 0 saturated heterocycles. The molecule has 1 amide bonds. The molecule has 0 atom stereocenters. The first-order valence-corrected chi connectivity index (χ1v) is 11.9. The fourth-order valence-electron chi connectivity index (χ4n) is 3.37. The van der Waals surface area contributed by atoms with Gasteiger partial charge in [0.2, 0.25) is 4.80 Å². The van der Waals surface area contributed by atoms with Crippen LogP contribution in [-0.4, -0.2) is 28.3 Å². The summed E-state index contributed by atoms with van der Waals surface area (Å²) in [5, 5.41) is 22.8. The van der Waals surface area contributed by atoms with Crippen LogP contribution >= 0.6 is 22.7 Å². The number of aryl methyl sites for hydroxylation is 1. The molecule has 0 unspecified atom stereocenters. The van der Waals surface area contributed by atoms with Crippen LogP contribution in [0.3, 0.4) is 0 Å². The molecule has 1 N–H and O–H groups in total. The summed E-state index contributed by atoms with van der Waals surface area (Å²) in [5.41, 5.74) is 3.32. The second kappa shape index (κ2) is 9.04. The van der Waals surface area contributed by atoms with Gasteiger partial charge in [0.25, 0.3) is 11.6 Å². The lowest BCUT2D eigenvalue weighted by atomic mass is 10.1. The van der Waals surface area contributed by atoms with E-state index in [9.17, 15) is 14.9 Å². The Balaban J connectivity index is 1.67. The van der Waals surface area contributed by atoms with Crippen LogP contribution in [0.1, 0.15) is 10.4 Å². The van der Waals surface area contributed by atoms with Crippen LogP contribution in [0.4, 0.5) is 17.1 Å². The minimum Gasteiger partial charge on any atom is -0.482 e. The topological polar surface area (TPSA) is 111 Å². The van der Waals surface area contributed by atoms with Gasteiger partial charge in [-0.05, 0) is 48.2 Å². The maximum atomic E-state index is 11.8. The van der Waals surface area contributed by atoms with E-state index in [0.29, 0.717) is 16.2 Å². The molecule has 1 aliphatic heterocycles. The lowest BCUT2D eigenvalue weighted by Crippen LogP contribution is -2.25. The van der Waals surface area contributed by atoms with Gasteiger partial charge in [0.1, 0.15) is 11.4 Å². The maximum Gasteiger partial charge on any atom is 0.294 e. The zero-order valence-electron chi connectivity index (χ0n) is 17.8. The van der Waals surface area contributed by atoms with Crippen molar-refractivity contribution in [1.82, 2.24) is 4.68 Å². The van der Waals surface area contributed by atoms with Crippen molar-refractivity contribution in [3.8, 4) is 17.0 Å². The van der Waals surface area contributed by atoms with Crippen LogP contribution in [-0.2, 0) is 4.79 Å². The molecule has 0 radical (unpaired) electrons. The van der Waals surface area contributed by atoms with E-state index in [2.05, 4.69) is 15.4 Å². The van der Waals surface area contributed by atoms with E-state index >= 15 is 0 Å². The highest BCUT2D eigenvalue weighted by atomic mass is 32.1. The lowest BCUT2D eigenvalue weighted by molar-refractivity contribution is -0.384. The second-order valence-electron chi connectivity index (χ2n) is 7.33. The number of rotatable bonds is 5. The summed E-state index contributed by atoms with van der Waals surface area (Å²) >= 11 is 2.88. The van der Waals surface area contributed by atoms with Gasteiger partial charge in [-0.25, -0.2) is 9.67 Å². The van der Waals surface area contributed by atoms with Crippen LogP contribution < -0.4 is 14.9 Å². The van der Waals surface area contributed by atoms with Crippen LogP contribution in [0.2, 0.25) is 0 Å². The number of benzene rings is 2. The van der Waals surface area contributed by atoms with E-state index in [0.717, 1.165) is 21.7 Å². The van der Waals surface area contributed by atoms with Gasteiger partial charge >= 0.3 is 0 Å². The molecule has 0 spiro atoms. The molecule has 0 fully saturated rings. The molecular formula is C23H17N5O4S2. The average Bonchev–Trinajstić information content (AvgIpc) is 3.42. The summed E-state index contributed by atoms with van der Waals surface area (Å²) in [6.07, 6.45) is 1.75. The first-order valence-electron chi connectivity index (χ1n) is 10.1. The third-order valence-corrected chi connectivity index (χ3v) is 6.85. The maximum absolute atomic E-state index is 11.8. The van der Waals surface area contributed by atoms with Crippen LogP contribution in [0.15, 0.2) is 69.4 Å². The largest absolute Gasteiger partial charge is 0.482 e. The highest BCUT2D eigenvalue weighted by Gasteiger charge is 2.18. The quantitative estimate of drug-likeness (QED) is 0.242. The molecule has 5 rings (SSSR count). The number of nitrogens with zero attached hydrogens (tertiary/aromatic N) is 4. The van der Waals surface area contributed by atoms with Gasteiger partial charge in [0, 0.05) is 17.0 Å². The molecule has 4 aromatic rings. The van der Waals surface area contributed by atoms with Crippen molar-refractivity contribution in [2.24, 2.45) is 10.1 Å². The number of ether oxygens (including phenoxy) is 1. The van der Waals surface area contributed by atoms with E-state index in [1.54, 1.807) is 46.5 Å².